The van der Waals surface area contributed by atoms with Crippen LogP contribution in [0.4, 0.5) is 0 Å². The quantitative estimate of drug-likeness (QED) is 0.558. The lowest BCUT2D eigenvalue weighted by Crippen LogP contribution is -2.41. The highest BCUT2D eigenvalue weighted by Crippen LogP contribution is 2.26. The number of methoxy groups -OCH3 is 1. The molecular formula is C18H26N4O2S. The maximum atomic E-state index is 5.96. The normalized spacial score (nSPS) is 12.6. The first-order valence-corrected chi connectivity index (χ1v) is 9.22. The fourth-order valence-electron chi connectivity index (χ4n) is 2.19. The Bertz CT molecular complexity index is 687. The Balaban J connectivity index is 1.90. The van der Waals surface area contributed by atoms with Crippen LogP contribution in [0.15, 0.2) is 34.8 Å². The van der Waals surface area contributed by atoms with E-state index in [0.717, 1.165) is 29.7 Å². The van der Waals surface area contributed by atoms with Crippen LogP contribution >= 0.6 is 11.3 Å². The van der Waals surface area contributed by atoms with Crippen LogP contribution in [-0.2, 0) is 6.54 Å². The topological polar surface area (TPSA) is 67.8 Å². The molecule has 1 aromatic heterocycles. The fraction of sp³-hybridized carbons (Fsp3) is 0.444. The maximum Gasteiger partial charge on any atom is 0.191 e. The van der Waals surface area contributed by atoms with E-state index in [1.807, 2.05) is 50.5 Å². The van der Waals surface area contributed by atoms with Crippen molar-refractivity contribution >= 4 is 17.3 Å². The number of aliphatic imine (C=N–C) groups is 1. The molecule has 0 spiro atoms. The first-order valence-electron chi connectivity index (χ1n) is 8.34. The number of guanidine groups is 1. The molecule has 0 aliphatic carbocycles. The van der Waals surface area contributed by atoms with Gasteiger partial charge in [-0.2, -0.15) is 0 Å². The number of thiazole rings is 1. The molecule has 136 valence electrons. The third kappa shape index (κ3) is 5.94. The smallest absolute Gasteiger partial charge is 0.191 e. The summed E-state index contributed by atoms with van der Waals surface area (Å²) in [6.07, 6.45) is -0.0368. The maximum absolute atomic E-state index is 5.96. The van der Waals surface area contributed by atoms with E-state index in [9.17, 15) is 0 Å². The Kier molecular flexibility index (Phi) is 7.53. The molecule has 1 aromatic carbocycles. The average molecular weight is 362 g/mol. The van der Waals surface area contributed by atoms with E-state index < -0.39 is 0 Å². The predicted molar refractivity (Wildman–Crippen MR) is 103 cm³/mol. The minimum atomic E-state index is -0.0368. The summed E-state index contributed by atoms with van der Waals surface area (Å²) < 4.78 is 11.3. The van der Waals surface area contributed by atoms with Crippen molar-refractivity contribution in [3.05, 3.63) is 40.3 Å². The van der Waals surface area contributed by atoms with Gasteiger partial charge in [0.25, 0.3) is 0 Å². The highest BCUT2D eigenvalue weighted by Gasteiger charge is 2.09. The lowest BCUT2D eigenvalue weighted by atomic mass is 10.3. The van der Waals surface area contributed by atoms with Gasteiger partial charge in [0.2, 0.25) is 0 Å². The van der Waals surface area contributed by atoms with Crippen LogP contribution in [0.25, 0.3) is 0 Å². The van der Waals surface area contributed by atoms with Crippen molar-refractivity contribution in [3.63, 3.8) is 0 Å². The zero-order chi connectivity index (χ0) is 18.1. The van der Waals surface area contributed by atoms with Gasteiger partial charge in [0.05, 0.1) is 31.4 Å². The van der Waals surface area contributed by atoms with Crippen molar-refractivity contribution in [1.29, 1.82) is 0 Å². The molecule has 0 saturated carbocycles. The van der Waals surface area contributed by atoms with Crippen molar-refractivity contribution < 1.29 is 9.47 Å². The molecule has 0 fully saturated rings. The zero-order valence-electron chi connectivity index (χ0n) is 15.2. The molecule has 2 rings (SSSR count). The van der Waals surface area contributed by atoms with E-state index in [1.54, 1.807) is 18.4 Å². The minimum Gasteiger partial charge on any atom is -0.493 e. The largest absolute Gasteiger partial charge is 0.493 e. The summed E-state index contributed by atoms with van der Waals surface area (Å²) in [7, 11) is 1.64. The molecule has 1 heterocycles. The Morgan fingerprint density at radius 3 is 2.68 bits per heavy atom. The van der Waals surface area contributed by atoms with E-state index in [4.69, 9.17) is 9.47 Å². The standard InChI is InChI=1S/C18H26N4O2S/c1-5-19-18(21-11-17-14(3)22-12-25-17)20-10-13(2)24-16-9-7-6-8-15(16)23-4/h6-9,12-13H,5,10-11H2,1-4H3,(H2,19,20,21). The molecule has 0 aliphatic heterocycles. The number of rotatable bonds is 8. The van der Waals surface area contributed by atoms with Gasteiger partial charge in [0.1, 0.15) is 6.10 Å². The molecule has 1 unspecified atom stereocenters. The molecule has 7 heteroatoms. The van der Waals surface area contributed by atoms with Gasteiger partial charge >= 0.3 is 0 Å². The molecular weight excluding hydrogens is 336 g/mol. The lowest BCUT2D eigenvalue weighted by molar-refractivity contribution is 0.213. The Morgan fingerprint density at radius 1 is 1.28 bits per heavy atom. The van der Waals surface area contributed by atoms with E-state index in [1.165, 1.54) is 4.88 Å². The first-order chi connectivity index (χ1) is 12.1. The third-order valence-corrected chi connectivity index (χ3v) is 4.44. The average Bonchev–Trinajstić information content (AvgIpc) is 3.03. The van der Waals surface area contributed by atoms with Crippen molar-refractivity contribution in [1.82, 2.24) is 15.6 Å². The van der Waals surface area contributed by atoms with Crippen molar-refractivity contribution in [2.24, 2.45) is 4.99 Å². The summed E-state index contributed by atoms with van der Waals surface area (Å²) in [4.78, 5) is 10.0. The molecule has 0 radical (unpaired) electrons. The highest BCUT2D eigenvalue weighted by molar-refractivity contribution is 7.09. The summed E-state index contributed by atoms with van der Waals surface area (Å²) in [5.41, 5.74) is 2.89. The second-order valence-corrected chi connectivity index (χ2v) is 6.46. The highest BCUT2D eigenvalue weighted by atomic mass is 32.1. The molecule has 2 N–H and O–H groups in total. The number of ether oxygens (including phenoxy) is 2. The molecule has 0 bridgehead atoms. The van der Waals surface area contributed by atoms with Crippen LogP contribution in [0.2, 0.25) is 0 Å². The second kappa shape index (κ2) is 9.88. The number of hydrogen-bond acceptors (Lipinski definition) is 5. The van der Waals surface area contributed by atoms with Gasteiger partial charge in [-0.25, -0.2) is 9.98 Å². The van der Waals surface area contributed by atoms with Crippen LogP contribution in [0.3, 0.4) is 0 Å². The van der Waals surface area contributed by atoms with Crippen LogP contribution in [0.1, 0.15) is 24.4 Å². The molecule has 6 nitrogen and oxygen atoms in total. The molecule has 2 aromatic rings. The summed E-state index contributed by atoms with van der Waals surface area (Å²) in [6.45, 7) is 8.11. The Morgan fingerprint density at radius 2 is 2.04 bits per heavy atom. The van der Waals surface area contributed by atoms with Gasteiger partial charge in [0, 0.05) is 11.4 Å². The molecule has 1 atom stereocenters. The second-order valence-electron chi connectivity index (χ2n) is 5.52. The molecule has 0 aliphatic rings. The SMILES string of the molecule is CCNC(=NCc1scnc1C)NCC(C)Oc1ccccc1OC. The molecule has 0 amide bonds. The fourth-order valence-corrected chi connectivity index (χ4v) is 2.89. The number of para-hydroxylation sites is 2. The van der Waals surface area contributed by atoms with Gasteiger partial charge in [-0.3, -0.25) is 0 Å². The lowest BCUT2D eigenvalue weighted by Gasteiger charge is -2.19. The van der Waals surface area contributed by atoms with Gasteiger partial charge in [-0.15, -0.1) is 11.3 Å². The van der Waals surface area contributed by atoms with Gasteiger partial charge in [-0.1, -0.05) is 12.1 Å². The minimum absolute atomic E-state index is 0.0368. The number of benzene rings is 1. The Hall–Kier alpha value is -2.28. The van der Waals surface area contributed by atoms with Crippen molar-refractivity contribution in [3.8, 4) is 11.5 Å². The van der Waals surface area contributed by atoms with Gasteiger partial charge < -0.3 is 20.1 Å². The monoisotopic (exact) mass is 362 g/mol. The van der Waals surface area contributed by atoms with Crippen LogP contribution in [-0.4, -0.2) is 37.2 Å². The number of hydrogen-bond donors (Lipinski definition) is 2. The summed E-state index contributed by atoms with van der Waals surface area (Å²) in [5, 5.41) is 6.57. The Labute approximate surface area is 153 Å². The van der Waals surface area contributed by atoms with Crippen LogP contribution in [0.5, 0.6) is 11.5 Å². The van der Waals surface area contributed by atoms with E-state index in [2.05, 4.69) is 20.6 Å². The summed E-state index contributed by atoms with van der Waals surface area (Å²) in [5.74, 6) is 2.24. The zero-order valence-corrected chi connectivity index (χ0v) is 16.0. The number of aromatic nitrogens is 1. The van der Waals surface area contributed by atoms with E-state index >= 15 is 0 Å². The van der Waals surface area contributed by atoms with E-state index in [-0.39, 0.29) is 6.10 Å². The molecule has 0 saturated heterocycles. The van der Waals surface area contributed by atoms with Gasteiger partial charge in [0.15, 0.2) is 17.5 Å². The number of nitrogens with zero attached hydrogens (tertiary/aromatic N) is 2. The third-order valence-electron chi connectivity index (χ3n) is 3.52. The van der Waals surface area contributed by atoms with Crippen LogP contribution in [0, 0.1) is 6.92 Å². The first kappa shape index (κ1) is 19.1. The van der Waals surface area contributed by atoms with E-state index in [0.29, 0.717) is 13.1 Å². The molecule has 25 heavy (non-hydrogen) atoms. The predicted octanol–water partition coefficient (Wildman–Crippen LogP) is 2.98. The van der Waals surface area contributed by atoms with Gasteiger partial charge in [-0.05, 0) is 32.9 Å². The number of nitrogens with one attached hydrogen (secondary N) is 2. The summed E-state index contributed by atoms with van der Waals surface area (Å²) >= 11 is 1.63. The van der Waals surface area contributed by atoms with Crippen molar-refractivity contribution in [2.75, 3.05) is 20.2 Å². The van der Waals surface area contributed by atoms with Crippen LogP contribution < -0.4 is 20.1 Å². The summed E-state index contributed by atoms with van der Waals surface area (Å²) in [6, 6.07) is 7.65. The number of aryl methyl sites for hydroxylation is 1. The van der Waals surface area contributed by atoms with Crippen molar-refractivity contribution in [2.45, 2.75) is 33.4 Å².